The molecule has 2 fully saturated rings. The van der Waals surface area contributed by atoms with Gasteiger partial charge >= 0.3 is 0 Å². The maximum Gasteiger partial charge on any atom is 0.242 e. The van der Waals surface area contributed by atoms with Crippen molar-refractivity contribution in [1.82, 2.24) is 4.90 Å². The number of nitrogens with two attached hydrogens (primary N) is 2. The maximum atomic E-state index is 12.4. The number of nitrogens with zero attached hydrogens (tertiary/aromatic N) is 1. The van der Waals surface area contributed by atoms with Crippen LogP contribution in [0.4, 0.5) is 0 Å². The molecular weight excluding hydrogens is 234 g/mol. The van der Waals surface area contributed by atoms with Crippen LogP contribution in [0.5, 0.6) is 0 Å². The lowest BCUT2D eigenvalue weighted by atomic mass is 9.88. The highest BCUT2D eigenvalue weighted by Crippen LogP contribution is 2.24. The van der Waals surface area contributed by atoms with Crippen LogP contribution in [0, 0.1) is 5.92 Å². The third-order valence-corrected chi connectivity index (χ3v) is 3.92. The summed E-state index contributed by atoms with van der Waals surface area (Å²) in [5.41, 5.74) is 10.7. The lowest BCUT2D eigenvalue weighted by molar-refractivity contribution is -0.143. The summed E-state index contributed by atoms with van der Waals surface area (Å²) in [6.45, 7) is 2.13. The van der Waals surface area contributed by atoms with Crippen LogP contribution in [-0.4, -0.2) is 48.6 Å². The minimum atomic E-state index is -0.822. The molecule has 4 N–H and O–H groups in total. The molecule has 0 aliphatic carbocycles. The van der Waals surface area contributed by atoms with Gasteiger partial charge in [-0.1, -0.05) is 0 Å². The monoisotopic (exact) mass is 255 g/mol. The number of ether oxygens (including phenoxy) is 1. The van der Waals surface area contributed by atoms with E-state index in [1.54, 1.807) is 4.90 Å². The summed E-state index contributed by atoms with van der Waals surface area (Å²) in [5, 5.41) is 0. The Morgan fingerprint density at radius 2 is 1.94 bits per heavy atom. The zero-order valence-electron chi connectivity index (χ0n) is 10.6. The van der Waals surface area contributed by atoms with Gasteiger partial charge in [0.05, 0.1) is 11.5 Å². The van der Waals surface area contributed by atoms with E-state index in [0.717, 1.165) is 12.8 Å². The van der Waals surface area contributed by atoms with Crippen LogP contribution < -0.4 is 11.5 Å². The topological polar surface area (TPSA) is 98.7 Å². The molecule has 2 rings (SSSR count). The Bertz CT molecular complexity index is 339. The highest BCUT2D eigenvalue weighted by molar-refractivity contribution is 5.87. The number of piperidine rings is 1. The van der Waals surface area contributed by atoms with Crippen molar-refractivity contribution in [2.45, 2.75) is 31.2 Å². The van der Waals surface area contributed by atoms with Gasteiger partial charge in [0.1, 0.15) is 0 Å². The van der Waals surface area contributed by atoms with Crippen LogP contribution in [-0.2, 0) is 14.3 Å². The van der Waals surface area contributed by atoms with E-state index in [9.17, 15) is 9.59 Å². The van der Waals surface area contributed by atoms with Gasteiger partial charge in [-0.15, -0.1) is 0 Å². The minimum Gasteiger partial charge on any atom is -0.381 e. The van der Waals surface area contributed by atoms with Crippen LogP contribution in [0.3, 0.4) is 0 Å². The van der Waals surface area contributed by atoms with Crippen LogP contribution in [0.25, 0.3) is 0 Å². The van der Waals surface area contributed by atoms with E-state index in [0.29, 0.717) is 39.1 Å². The molecule has 102 valence electrons. The Kier molecular flexibility index (Phi) is 3.87. The van der Waals surface area contributed by atoms with Gasteiger partial charge in [0.15, 0.2) is 0 Å². The molecule has 0 radical (unpaired) electrons. The number of hydrogen-bond donors (Lipinski definition) is 2. The van der Waals surface area contributed by atoms with E-state index in [4.69, 9.17) is 16.2 Å². The minimum absolute atomic E-state index is 0.0586. The van der Waals surface area contributed by atoms with E-state index < -0.39 is 5.54 Å². The van der Waals surface area contributed by atoms with Crippen molar-refractivity contribution in [2.75, 3.05) is 26.3 Å². The molecular formula is C12H21N3O3. The van der Waals surface area contributed by atoms with Gasteiger partial charge in [0, 0.05) is 26.3 Å². The van der Waals surface area contributed by atoms with E-state index in [1.807, 2.05) is 0 Å². The van der Waals surface area contributed by atoms with Gasteiger partial charge < -0.3 is 21.1 Å². The molecule has 2 heterocycles. The first-order valence-corrected chi connectivity index (χ1v) is 6.48. The van der Waals surface area contributed by atoms with Crippen molar-refractivity contribution in [1.29, 1.82) is 0 Å². The summed E-state index contributed by atoms with van der Waals surface area (Å²) >= 11 is 0. The molecule has 6 heteroatoms. The zero-order valence-corrected chi connectivity index (χ0v) is 10.6. The van der Waals surface area contributed by atoms with Crippen molar-refractivity contribution in [3.63, 3.8) is 0 Å². The number of rotatable bonds is 2. The van der Waals surface area contributed by atoms with Crippen LogP contribution >= 0.6 is 0 Å². The van der Waals surface area contributed by atoms with Crippen molar-refractivity contribution in [2.24, 2.45) is 17.4 Å². The third kappa shape index (κ3) is 2.64. The quantitative estimate of drug-likeness (QED) is 0.676. The lowest BCUT2D eigenvalue weighted by Crippen LogP contribution is -2.60. The van der Waals surface area contributed by atoms with Gasteiger partial charge in [-0.25, -0.2) is 0 Å². The number of hydrogen-bond acceptors (Lipinski definition) is 4. The van der Waals surface area contributed by atoms with Crippen molar-refractivity contribution < 1.29 is 14.3 Å². The standard InChI is InChI=1S/C12H21N3O3/c13-10(16)9-2-1-5-15(8-9)11(17)12(14)3-6-18-7-4-12/h9H,1-8,14H2,(H2,13,16). The first-order valence-electron chi connectivity index (χ1n) is 6.48. The summed E-state index contributed by atoms with van der Waals surface area (Å²) in [6, 6.07) is 0. The predicted molar refractivity (Wildman–Crippen MR) is 65.5 cm³/mol. The fraction of sp³-hybridized carbons (Fsp3) is 0.833. The number of carbonyl (C=O) groups is 2. The second-order valence-electron chi connectivity index (χ2n) is 5.26. The van der Waals surface area contributed by atoms with Crippen LogP contribution in [0.2, 0.25) is 0 Å². The number of amides is 2. The average molecular weight is 255 g/mol. The predicted octanol–water partition coefficient (Wildman–Crippen LogP) is -0.782. The Morgan fingerprint density at radius 1 is 1.28 bits per heavy atom. The number of primary amides is 1. The molecule has 1 atom stereocenters. The summed E-state index contributed by atoms with van der Waals surface area (Å²) < 4.78 is 5.24. The SMILES string of the molecule is NC(=O)C1CCCN(C(=O)C2(N)CCOCC2)C1. The second-order valence-corrected chi connectivity index (χ2v) is 5.26. The summed E-state index contributed by atoms with van der Waals surface area (Å²) in [4.78, 5) is 25.3. The van der Waals surface area contributed by atoms with Crippen molar-refractivity contribution in [3.8, 4) is 0 Å². The van der Waals surface area contributed by atoms with E-state index in [-0.39, 0.29) is 17.7 Å². The first kappa shape index (κ1) is 13.3. The largest absolute Gasteiger partial charge is 0.381 e. The Labute approximate surface area is 107 Å². The van der Waals surface area contributed by atoms with Gasteiger partial charge in [0.25, 0.3) is 0 Å². The van der Waals surface area contributed by atoms with E-state index >= 15 is 0 Å². The van der Waals surface area contributed by atoms with E-state index in [1.165, 1.54) is 0 Å². The molecule has 18 heavy (non-hydrogen) atoms. The zero-order chi connectivity index (χ0) is 13.2. The molecule has 0 aromatic carbocycles. The fourth-order valence-electron chi connectivity index (χ4n) is 2.66. The average Bonchev–Trinajstić information content (AvgIpc) is 2.39. The number of carbonyl (C=O) groups excluding carboxylic acids is 2. The lowest BCUT2D eigenvalue weighted by Gasteiger charge is -2.39. The number of likely N-dealkylation sites (tertiary alicyclic amines) is 1. The fourth-order valence-corrected chi connectivity index (χ4v) is 2.66. The highest BCUT2D eigenvalue weighted by atomic mass is 16.5. The molecule has 2 saturated heterocycles. The summed E-state index contributed by atoms with van der Waals surface area (Å²) in [7, 11) is 0. The molecule has 2 amide bonds. The normalized spacial score (nSPS) is 27.8. The summed E-state index contributed by atoms with van der Waals surface area (Å²) in [6.07, 6.45) is 2.67. The van der Waals surface area contributed by atoms with Gasteiger partial charge in [0.2, 0.25) is 11.8 Å². The second kappa shape index (κ2) is 5.24. The van der Waals surface area contributed by atoms with Crippen molar-refractivity contribution >= 4 is 11.8 Å². The molecule has 0 saturated carbocycles. The molecule has 0 aromatic heterocycles. The Balaban J connectivity index is 2.01. The molecule has 1 unspecified atom stereocenters. The maximum absolute atomic E-state index is 12.4. The van der Waals surface area contributed by atoms with Gasteiger partial charge in [-0.05, 0) is 25.7 Å². The molecule has 0 spiro atoms. The molecule has 6 nitrogen and oxygen atoms in total. The van der Waals surface area contributed by atoms with Crippen LogP contribution in [0.1, 0.15) is 25.7 Å². The molecule has 2 aliphatic rings. The van der Waals surface area contributed by atoms with Gasteiger partial charge in [-0.3, -0.25) is 9.59 Å². The van der Waals surface area contributed by atoms with Gasteiger partial charge in [-0.2, -0.15) is 0 Å². The van der Waals surface area contributed by atoms with E-state index in [2.05, 4.69) is 0 Å². The highest BCUT2D eigenvalue weighted by Gasteiger charge is 2.40. The van der Waals surface area contributed by atoms with Crippen LogP contribution in [0.15, 0.2) is 0 Å². The summed E-state index contributed by atoms with van der Waals surface area (Å²) in [5.74, 6) is -0.617. The first-order chi connectivity index (χ1) is 8.53. The third-order valence-electron chi connectivity index (χ3n) is 3.92. The molecule has 2 aliphatic heterocycles. The Hall–Kier alpha value is -1.14. The van der Waals surface area contributed by atoms with Crippen molar-refractivity contribution in [3.05, 3.63) is 0 Å². The molecule has 0 aromatic rings. The molecule has 0 bridgehead atoms. The Morgan fingerprint density at radius 3 is 2.56 bits per heavy atom. The smallest absolute Gasteiger partial charge is 0.242 e.